The summed E-state index contributed by atoms with van der Waals surface area (Å²) < 4.78 is 0. The van der Waals surface area contributed by atoms with Crippen molar-refractivity contribution in [2.24, 2.45) is 0 Å². The molecule has 0 spiro atoms. The third-order valence-electron chi connectivity index (χ3n) is 1.46. The van der Waals surface area contributed by atoms with Crippen LogP contribution in [0.3, 0.4) is 0 Å². The van der Waals surface area contributed by atoms with Gasteiger partial charge in [0.15, 0.2) is 6.29 Å². The predicted molar refractivity (Wildman–Crippen MR) is 42.4 cm³/mol. The lowest BCUT2D eigenvalue weighted by Crippen LogP contribution is -2.05. The molecule has 2 N–H and O–H groups in total. The largest absolute Gasteiger partial charge is 0.368 e. The summed E-state index contributed by atoms with van der Waals surface area (Å²) in [5.74, 6) is 0.00255. The first kappa shape index (κ1) is 11.3. The average molecular weight is 174 g/mol. The fraction of sp³-hybridized carbons (Fsp3) is 0.750. The molecule has 70 valence electrons. The van der Waals surface area contributed by atoms with Crippen LogP contribution in [-0.2, 0) is 9.59 Å². The first-order chi connectivity index (χ1) is 5.66. The van der Waals surface area contributed by atoms with Gasteiger partial charge in [0.2, 0.25) is 0 Å². The Morgan fingerprint density at radius 1 is 1.33 bits per heavy atom. The number of hydrogen-bond acceptors (Lipinski definition) is 4. The van der Waals surface area contributed by atoms with Crippen LogP contribution in [0.1, 0.15) is 32.1 Å². The van der Waals surface area contributed by atoms with Gasteiger partial charge < -0.3 is 15.0 Å². The number of rotatable bonds is 7. The molecule has 0 rings (SSSR count). The summed E-state index contributed by atoms with van der Waals surface area (Å²) in [5, 5.41) is 16.9. The fourth-order valence-corrected chi connectivity index (χ4v) is 0.827. The van der Waals surface area contributed by atoms with Crippen molar-refractivity contribution >= 4 is 12.1 Å². The van der Waals surface area contributed by atoms with E-state index in [-0.39, 0.29) is 25.0 Å². The molecule has 4 heteroatoms. The highest BCUT2D eigenvalue weighted by Gasteiger charge is 2.03. The van der Waals surface area contributed by atoms with Crippen LogP contribution in [0.25, 0.3) is 0 Å². The topological polar surface area (TPSA) is 74.6 Å². The van der Waals surface area contributed by atoms with E-state index >= 15 is 0 Å². The molecule has 0 aromatic heterocycles. The molecular weight excluding hydrogens is 160 g/mol. The van der Waals surface area contributed by atoms with Crippen LogP contribution in [0, 0.1) is 0 Å². The normalized spacial score (nSPS) is 10.2. The summed E-state index contributed by atoms with van der Waals surface area (Å²) in [4.78, 5) is 20.7. The molecule has 0 aromatic rings. The van der Waals surface area contributed by atoms with Gasteiger partial charge >= 0.3 is 0 Å². The van der Waals surface area contributed by atoms with Crippen molar-refractivity contribution in [3.05, 3.63) is 0 Å². The highest BCUT2D eigenvalue weighted by Crippen LogP contribution is 2.02. The van der Waals surface area contributed by atoms with Crippen molar-refractivity contribution in [1.82, 2.24) is 0 Å². The van der Waals surface area contributed by atoms with Crippen molar-refractivity contribution in [3.63, 3.8) is 0 Å². The van der Waals surface area contributed by atoms with Gasteiger partial charge in [-0.1, -0.05) is 0 Å². The van der Waals surface area contributed by atoms with Crippen molar-refractivity contribution in [2.45, 2.75) is 38.4 Å². The number of aliphatic hydroxyl groups is 2. The first-order valence-electron chi connectivity index (χ1n) is 3.98. The monoisotopic (exact) mass is 174 g/mol. The molecule has 0 saturated carbocycles. The average Bonchev–Trinajstić information content (AvgIpc) is 2.00. The van der Waals surface area contributed by atoms with Crippen LogP contribution in [0.2, 0.25) is 0 Å². The zero-order valence-corrected chi connectivity index (χ0v) is 6.90. The van der Waals surface area contributed by atoms with Crippen molar-refractivity contribution in [1.29, 1.82) is 0 Å². The standard InChI is InChI=1S/C8H14O4/c9-6-2-4-7(10)3-1-5-8(11)12/h6,8,11-12H,1-5H2. The molecule has 0 atom stereocenters. The van der Waals surface area contributed by atoms with Crippen LogP contribution in [-0.4, -0.2) is 28.6 Å². The van der Waals surface area contributed by atoms with Crippen LogP contribution >= 0.6 is 0 Å². The predicted octanol–water partition coefficient (Wildman–Crippen LogP) is 0.0156. The number of hydrogen-bond donors (Lipinski definition) is 2. The molecule has 0 saturated heterocycles. The minimum Gasteiger partial charge on any atom is -0.368 e. The van der Waals surface area contributed by atoms with Crippen LogP contribution in [0.15, 0.2) is 0 Å². The summed E-state index contributed by atoms with van der Waals surface area (Å²) in [6.07, 6.45) is 0.918. The smallest absolute Gasteiger partial charge is 0.151 e. The van der Waals surface area contributed by atoms with Gasteiger partial charge in [0.25, 0.3) is 0 Å². The summed E-state index contributed by atoms with van der Waals surface area (Å²) >= 11 is 0. The van der Waals surface area contributed by atoms with Gasteiger partial charge in [0, 0.05) is 19.3 Å². The summed E-state index contributed by atoms with van der Waals surface area (Å²) in [6.45, 7) is 0. The van der Waals surface area contributed by atoms with E-state index in [0.29, 0.717) is 19.1 Å². The van der Waals surface area contributed by atoms with Gasteiger partial charge in [-0.15, -0.1) is 0 Å². The molecule has 4 nitrogen and oxygen atoms in total. The molecule has 0 unspecified atom stereocenters. The lowest BCUT2D eigenvalue weighted by molar-refractivity contribution is -0.121. The SMILES string of the molecule is O=CCCC(=O)CCCC(O)O. The Kier molecular flexibility index (Phi) is 6.51. The molecule has 0 radical (unpaired) electrons. The van der Waals surface area contributed by atoms with Gasteiger partial charge in [0.05, 0.1) is 0 Å². The summed E-state index contributed by atoms with van der Waals surface area (Å²) in [6, 6.07) is 0. The van der Waals surface area contributed by atoms with Gasteiger partial charge in [-0.05, 0) is 12.8 Å². The molecule has 0 aliphatic carbocycles. The second-order valence-electron chi connectivity index (χ2n) is 2.62. The zero-order chi connectivity index (χ0) is 9.40. The van der Waals surface area contributed by atoms with Crippen molar-refractivity contribution in [2.75, 3.05) is 0 Å². The van der Waals surface area contributed by atoms with E-state index in [1.807, 2.05) is 0 Å². The van der Waals surface area contributed by atoms with Crippen LogP contribution < -0.4 is 0 Å². The Morgan fingerprint density at radius 3 is 2.50 bits per heavy atom. The Balaban J connectivity index is 3.25. The van der Waals surface area contributed by atoms with E-state index in [1.165, 1.54) is 0 Å². The third kappa shape index (κ3) is 7.37. The Labute approximate surface area is 71.2 Å². The van der Waals surface area contributed by atoms with Crippen molar-refractivity contribution < 1.29 is 19.8 Å². The minimum absolute atomic E-state index is 0.00255. The number of ketones is 1. The van der Waals surface area contributed by atoms with E-state index in [2.05, 4.69) is 0 Å². The van der Waals surface area contributed by atoms with Crippen molar-refractivity contribution in [3.8, 4) is 0 Å². The molecular formula is C8H14O4. The summed E-state index contributed by atoms with van der Waals surface area (Å²) in [5.41, 5.74) is 0. The highest BCUT2D eigenvalue weighted by atomic mass is 16.5. The summed E-state index contributed by atoms with van der Waals surface area (Å²) in [7, 11) is 0. The molecule has 0 aromatic carbocycles. The number of carbonyl (C=O) groups excluding carboxylic acids is 2. The maximum absolute atomic E-state index is 10.9. The number of aliphatic hydroxyl groups excluding tert-OH is 1. The maximum atomic E-state index is 10.9. The molecule has 0 bridgehead atoms. The zero-order valence-electron chi connectivity index (χ0n) is 6.90. The fourth-order valence-electron chi connectivity index (χ4n) is 0.827. The van der Waals surface area contributed by atoms with E-state index in [0.717, 1.165) is 0 Å². The lowest BCUT2D eigenvalue weighted by Gasteiger charge is -2.01. The second-order valence-corrected chi connectivity index (χ2v) is 2.62. The molecule has 0 heterocycles. The second kappa shape index (κ2) is 6.94. The molecule has 0 aliphatic heterocycles. The van der Waals surface area contributed by atoms with Gasteiger partial charge in [-0.3, -0.25) is 4.79 Å². The first-order valence-corrected chi connectivity index (χ1v) is 3.98. The number of aldehydes is 1. The quantitative estimate of drug-likeness (QED) is 0.421. The van der Waals surface area contributed by atoms with E-state index < -0.39 is 6.29 Å². The van der Waals surface area contributed by atoms with Crippen LogP contribution in [0.5, 0.6) is 0 Å². The Bertz CT molecular complexity index is 142. The number of Topliss-reactive ketones (excluding diaryl/α,β-unsaturated/α-hetero) is 1. The number of carbonyl (C=O) groups is 2. The van der Waals surface area contributed by atoms with Crippen LogP contribution in [0.4, 0.5) is 0 Å². The van der Waals surface area contributed by atoms with E-state index in [4.69, 9.17) is 10.2 Å². The Hall–Kier alpha value is -0.740. The molecule has 0 aliphatic rings. The molecule has 0 amide bonds. The van der Waals surface area contributed by atoms with E-state index in [9.17, 15) is 9.59 Å². The van der Waals surface area contributed by atoms with Gasteiger partial charge in [0.1, 0.15) is 12.1 Å². The van der Waals surface area contributed by atoms with E-state index in [1.54, 1.807) is 0 Å². The highest BCUT2D eigenvalue weighted by molar-refractivity contribution is 5.80. The lowest BCUT2D eigenvalue weighted by atomic mass is 10.1. The third-order valence-corrected chi connectivity index (χ3v) is 1.46. The molecule has 12 heavy (non-hydrogen) atoms. The van der Waals surface area contributed by atoms with Gasteiger partial charge in [-0.25, -0.2) is 0 Å². The Morgan fingerprint density at radius 2 is 2.00 bits per heavy atom. The maximum Gasteiger partial charge on any atom is 0.151 e. The minimum atomic E-state index is -1.33. The molecule has 0 fully saturated rings. The van der Waals surface area contributed by atoms with Gasteiger partial charge in [-0.2, -0.15) is 0 Å².